The molecule has 0 saturated carbocycles. The molecule has 0 N–H and O–H groups in total. The van der Waals surface area contributed by atoms with Crippen molar-refractivity contribution < 1.29 is 0 Å². The number of fused-ring (bicyclic) bond motifs is 10. The van der Waals surface area contributed by atoms with Crippen LogP contribution in [0.25, 0.3) is 96.1 Å². The van der Waals surface area contributed by atoms with Crippen LogP contribution in [0.4, 0.5) is 0 Å². The summed E-state index contributed by atoms with van der Waals surface area (Å²) in [6.45, 7) is 0. The first-order chi connectivity index (χ1) is 22.8. The Labute approximate surface area is 272 Å². The number of rotatable bonds is 3. The highest BCUT2D eigenvalue weighted by Gasteiger charge is 2.20. The predicted molar refractivity (Wildman–Crippen MR) is 197 cm³/mol. The lowest BCUT2D eigenvalue weighted by molar-refractivity contribution is 1.08. The van der Waals surface area contributed by atoms with Gasteiger partial charge in [0.05, 0.1) is 0 Å². The average molecular weight is 622 g/mol. The summed E-state index contributed by atoms with van der Waals surface area (Å²) >= 11 is 3.66. The lowest BCUT2D eigenvalue weighted by atomic mass is 9.98. The molecule has 10 rings (SSSR count). The van der Waals surface area contributed by atoms with Crippen molar-refractivity contribution in [3.05, 3.63) is 140 Å². The van der Waals surface area contributed by atoms with Crippen molar-refractivity contribution >= 4 is 84.6 Å². The Bertz CT molecular complexity index is 2810. The van der Waals surface area contributed by atoms with Crippen LogP contribution in [0.15, 0.2) is 140 Å². The zero-order chi connectivity index (χ0) is 30.2. The van der Waals surface area contributed by atoms with Crippen LogP contribution in [0.3, 0.4) is 0 Å². The summed E-state index contributed by atoms with van der Waals surface area (Å²) in [5.74, 6) is 2.04. The Morgan fingerprint density at radius 1 is 0.348 bits per heavy atom. The fourth-order valence-corrected chi connectivity index (χ4v) is 9.28. The number of aromatic nitrogens is 3. The van der Waals surface area contributed by atoms with E-state index in [0.29, 0.717) is 17.5 Å². The van der Waals surface area contributed by atoms with E-state index in [1.165, 1.54) is 61.9 Å². The molecule has 0 amide bonds. The highest BCUT2D eigenvalue weighted by atomic mass is 32.1. The van der Waals surface area contributed by atoms with Gasteiger partial charge in [0.2, 0.25) is 0 Å². The van der Waals surface area contributed by atoms with Gasteiger partial charge in [0.15, 0.2) is 17.5 Å². The first-order valence-corrected chi connectivity index (χ1v) is 16.9. The van der Waals surface area contributed by atoms with E-state index in [9.17, 15) is 0 Å². The molecule has 7 aromatic carbocycles. The molecule has 10 aromatic rings. The molecule has 3 aromatic heterocycles. The molecule has 0 unspecified atom stereocenters. The van der Waals surface area contributed by atoms with Crippen LogP contribution in [0.2, 0.25) is 0 Å². The van der Waals surface area contributed by atoms with Crippen molar-refractivity contribution in [3.8, 4) is 34.2 Å². The van der Waals surface area contributed by atoms with Crippen molar-refractivity contribution in [3.63, 3.8) is 0 Å². The van der Waals surface area contributed by atoms with Crippen LogP contribution >= 0.6 is 22.7 Å². The highest BCUT2D eigenvalue weighted by Crippen LogP contribution is 2.45. The number of hydrogen-bond donors (Lipinski definition) is 0. The van der Waals surface area contributed by atoms with E-state index in [1.807, 2.05) is 40.9 Å². The molecule has 214 valence electrons. The van der Waals surface area contributed by atoms with Crippen LogP contribution in [0.1, 0.15) is 0 Å². The quantitative estimate of drug-likeness (QED) is 0.184. The summed E-state index contributed by atoms with van der Waals surface area (Å²) in [7, 11) is 0. The zero-order valence-electron chi connectivity index (χ0n) is 24.4. The molecule has 0 fully saturated rings. The summed E-state index contributed by atoms with van der Waals surface area (Å²) in [6, 6.07) is 49.5. The van der Waals surface area contributed by atoms with Gasteiger partial charge in [0, 0.05) is 62.4 Å². The first-order valence-electron chi connectivity index (χ1n) is 15.3. The summed E-state index contributed by atoms with van der Waals surface area (Å²) in [4.78, 5) is 15.6. The van der Waals surface area contributed by atoms with Gasteiger partial charge in [-0.05, 0) is 34.4 Å². The molecule has 0 bridgehead atoms. The molecule has 3 nitrogen and oxygen atoms in total. The lowest BCUT2D eigenvalue weighted by Gasteiger charge is -2.11. The minimum absolute atomic E-state index is 0.671. The van der Waals surface area contributed by atoms with Crippen LogP contribution in [0, 0.1) is 0 Å². The van der Waals surface area contributed by atoms with Crippen molar-refractivity contribution in [2.75, 3.05) is 0 Å². The number of thiophene rings is 2. The molecular weight excluding hydrogens is 599 g/mol. The first kappa shape index (κ1) is 25.8. The van der Waals surface area contributed by atoms with Crippen molar-refractivity contribution in [1.29, 1.82) is 0 Å². The maximum atomic E-state index is 5.27. The highest BCUT2D eigenvalue weighted by molar-refractivity contribution is 7.27. The van der Waals surface area contributed by atoms with Crippen molar-refractivity contribution in [1.82, 2.24) is 15.0 Å². The topological polar surface area (TPSA) is 38.7 Å². The van der Waals surface area contributed by atoms with Crippen molar-refractivity contribution in [2.45, 2.75) is 0 Å². The maximum absolute atomic E-state index is 5.27. The fraction of sp³-hybridized carbons (Fsp3) is 0. The van der Waals surface area contributed by atoms with E-state index >= 15 is 0 Å². The van der Waals surface area contributed by atoms with Crippen LogP contribution in [-0.4, -0.2) is 15.0 Å². The Morgan fingerprint density at radius 3 is 1.74 bits per heavy atom. The second-order valence-corrected chi connectivity index (χ2v) is 13.7. The average Bonchev–Trinajstić information content (AvgIpc) is 3.70. The normalized spacial score (nSPS) is 11.9. The van der Waals surface area contributed by atoms with Gasteiger partial charge in [0.1, 0.15) is 0 Å². The molecule has 0 spiro atoms. The predicted octanol–water partition coefficient (Wildman–Crippen LogP) is 11.9. The van der Waals surface area contributed by atoms with Gasteiger partial charge in [-0.1, -0.05) is 121 Å². The molecule has 0 saturated heterocycles. The molecule has 46 heavy (non-hydrogen) atoms. The molecule has 3 heterocycles. The monoisotopic (exact) mass is 621 g/mol. The van der Waals surface area contributed by atoms with Gasteiger partial charge in [-0.3, -0.25) is 0 Å². The Morgan fingerprint density at radius 2 is 0.935 bits per heavy atom. The van der Waals surface area contributed by atoms with E-state index in [-0.39, 0.29) is 0 Å². The van der Waals surface area contributed by atoms with Crippen molar-refractivity contribution in [2.24, 2.45) is 0 Å². The summed E-state index contributed by atoms with van der Waals surface area (Å²) in [5.41, 5.74) is 3.01. The van der Waals surface area contributed by atoms with E-state index in [0.717, 1.165) is 16.7 Å². The van der Waals surface area contributed by atoms with Crippen LogP contribution < -0.4 is 0 Å². The third kappa shape index (κ3) is 3.86. The SMILES string of the molecule is c1ccc(-c2nc(-c3cccc4sc5ccccc5c34)nc(-c3cccc4sc5c(ccc6ccc7ccccc7c65)c34)n2)cc1. The molecule has 0 aliphatic carbocycles. The third-order valence-corrected chi connectivity index (χ3v) is 11.2. The second kappa shape index (κ2) is 10.0. The van der Waals surface area contributed by atoms with Gasteiger partial charge in [-0.15, -0.1) is 22.7 Å². The third-order valence-electron chi connectivity index (χ3n) is 8.92. The molecule has 0 atom stereocenters. The maximum Gasteiger partial charge on any atom is 0.164 e. The fourth-order valence-electron chi connectivity index (χ4n) is 6.85. The smallest absolute Gasteiger partial charge is 0.164 e. The van der Waals surface area contributed by atoms with Crippen LogP contribution in [-0.2, 0) is 0 Å². The molecule has 5 heteroatoms. The molecule has 0 aliphatic heterocycles. The number of benzene rings is 7. The van der Waals surface area contributed by atoms with E-state index in [4.69, 9.17) is 15.0 Å². The minimum Gasteiger partial charge on any atom is -0.208 e. The summed E-state index contributed by atoms with van der Waals surface area (Å²) in [5, 5.41) is 9.93. The van der Waals surface area contributed by atoms with E-state index in [2.05, 4.69) is 121 Å². The van der Waals surface area contributed by atoms with E-state index in [1.54, 1.807) is 0 Å². The molecule has 0 radical (unpaired) electrons. The molecular formula is C41H23N3S2. The van der Waals surface area contributed by atoms with E-state index < -0.39 is 0 Å². The van der Waals surface area contributed by atoms with Gasteiger partial charge >= 0.3 is 0 Å². The summed E-state index contributed by atoms with van der Waals surface area (Å²) < 4.78 is 5.01. The Balaban J connectivity index is 1.29. The lowest BCUT2D eigenvalue weighted by Crippen LogP contribution is -2.00. The summed E-state index contributed by atoms with van der Waals surface area (Å²) in [6.07, 6.45) is 0. The van der Waals surface area contributed by atoms with Gasteiger partial charge < -0.3 is 0 Å². The largest absolute Gasteiger partial charge is 0.208 e. The second-order valence-electron chi connectivity index (χ2n) is 11.6. The number of hydrogen-bond acceptors (Lipinski definition) is 5. The zero-order valence-corrected chi connectivity index (χ0v) is 26.1. The Hall–Kier alpha value is -5.49. The van der Waals surface area contributed by atoms with Gasteiger partial charge in [-0.2, -0.15) is 0 Å². The minimum atomic E-state index is 0.671. The van der Waals surface area contributed by atoms with Crippen LogP contribution in [0.5, 0.6) is 0 Å². The Kier molecular flexibility index (Phi) is 5.61. The molecule has 0 aliphatic rings. The van der Waals surface area contributed by atoms with Gasteiger partial charge in [0.25, 0.3) is 0 Å². The number of nitrogens with zero attached hydrogens (tertiary/aromatic N) is 3. The standard InChI is InChI=1S/C41H23N3S2/c1-2-11-26(12-3-1)39-42-40(30-15-8-18-33-36(30)28-14-6-7-17-32(28)45-33)44-41(43-39)31-16-9-19-34-37(31)29-23-22-25-21-20-24-10-4-5-13-27(24)35(25)38(29)46-34/h1-23H. The van der Waals surface area contributed by atoms with Gasteiger partial charge in [-0.25, -0.2) is 15.0 Å².